The molecule has 0 aliphatic carbocycles. The summed E-state index contributed by atoms with van der Waals surface area (Å²) in [5.74, 6) is -0.434. The number of hydrogen-bond acceptors (Lipinski definition) is 4. The predicted molar refractivity (Wildman–Crippen MR) is 81.7 cm³/mol. The van der Waals surface area contributed by atoms with Gasteiger partial charge in [-0.1, -0.05) is 42.1 Å². The van der Waals surface area contributed by atoms with Crippen LogP contribution in [0.1, 0.15) is 6.92 Å². The normalized spacial score (nSPS) is 11.9. The molecule has 0 spiro atoms. The fourth-order valence-electron chi connectivity index (χ4n) is 1.81. The van der Waals surface area contributed by atoms with Crippen LogP contribution in [0.25, 0.3) is 11.3 Å². The molecule has 0 radical (unpaired) electrons. The Kier molecular flexibility index (Phi) is 4.64. The van der Waals surface area contributed by atoms with Gasteiger partial charge in [-0.3, -0.25) is 10.1 Å². The number of benzene rings is 1. The number of imidazole rings is 1. The van der Waals surface area contributed by atoms with Crippen LogP contribution >= 0.6 is 11.8 Å². The van der Waals surface area contributed by atoms with Crippen LogP contribution in [0.15, 0.2) is 41.7 Å². The number of nitrogens with two attached hydrogens (primary N) is 1. The van der Waals surface area contributed by atoms with E-state index in [0.717, 1.165) is 11.3 Å². The number of primary amides is 1. The summed E-state index contributed by atoms with van der Waals surface area (Å²) in [6.07, 6.45) is 1.76. The van der Waals surface area contributed by atoms with Crippen LogP contribution < -0.4 is 11.1 Å². The monoisotopic (exact) mass is 304 g/mol. The minimum atomic E-state index is -0.850. The lowest BCUT2D eigenvalue weighted by atomic mass is 10.2. The summed E-state index contributed by atoms with van der Waals surface area (Å²) in [5, 5.41) is 2.29. The molecule has 6 nitrogen and oxygen atoms in total. The minimum Gasteiger partial charge on any atom is -0.351 e. The first-order chi connectivity index (χ1) is 9.99. The molecule has 2 rings (SSSR count). The third-order valence-corrected chi connectivity index (χ3v) is 4.07. The summed E-state index contributed by atoms with van der Waals surface area (Å²) < 4.78 is 1.91. The van der Waals surface area contributed by atoms with E-state index in [2.05, 4.69) is 10.3 Å². The van der Waals surface area contributed by atoms with Gasteiger partial charge in [0.15, 0.2) is 5.16 Å². The summed E-state index contributed by atoms with van der Waals surface area (Å²) in [6, 6.07) is 9.00. The second-order valence-electron chi connectivity index (χ2n) is 4.46. The molecule has 1 unspecified atom stereocenters. The molecule has 0 fully saturated rings. The van der Waals surface area contributed by atoms with Gasteiger partial charge in [-0.25, -0.2) is 9.78 Å². The van der Waals surface area contributed by atoms with Crippen LogP contribution in [0.5, 0.6) is 0 Å². The summed E-state index contributed by atoms with van der Waals surface area (Å²) in [4.78, 5) is 26.7. The van der Waals surface area contributed by atoms with Crippen molar-refractivity contribution in [1.82, 2.24) is 14.9 Å². The van der Waals surface area contributed by atoms with Gasteiger partial charge >= 0.3 is 6.03 Å². The quantitative estimate of drug-likeness (QED) is 0.842. The second-order valence-corrected chi connectivity index (χ2v) is 5.77. The van der Waals surface area contributed by atoms with Gasteiger partial charge in [0.05, 0.1) is 17.1 Å². The van der Waals surface area contributed by atoms with Crippen molar-refractivity contribution in [1.29, 1.82) is 0 Å². The molecule has 1 aromatic heterocycles. The van der Waals surface area contributed by atoms with Gasteiger partial charge in [-0.15, -0.1) is 0 Å². The average molecular weight is 304 g/mol. The molecule has 0 aliphatic heterocycles. The van der Waals surface area contributed by atoms with Crippen LogP contribution in [0.3, 0.4) is 0 Å². The van der Waals surface area contributed by atoms with Crippen LogP contribution in [-0.4, -0.2) is 26.7 Å². The van der Waals surface area contributed by atoms with E-state index in [1.54, 1.807) is 13.1 Å². The Morgan fingerprint density at radius 2 is 2.00 bits per heavy atom. The van der Waals surface area contributed by atoms with Gasteiger partial charge in [0.25, 0.3) is 0 Å². The number of thioether (sulfide) groups is 1. The van der Waals surface area contributed by atoms with Crippen molar-refractivity contribution in [3.8, 4) is 11.3 Å². The Balaban J connectivity index is 2.14. The lowest BCUT2D eigenvalue weighted by Crippen LogP contribution is -2.39. The first kappa shape index (κ1) is 15.1. The zero-order valence-electron chi connectivity index (χ0n) is 11.7. The zero-order chi connectivity index (χ0) is 15.4. The van der Waals surface area contributed by atoms with Crippen LogP contribution in [-0.2, 0) is 11.8 Å². The third kappa shape index (κ3) is 3.63. The number of imide groups is 1. The highest BCUT2D eigenvalue weighted by atomic mass is 32.2. The molecular formula is C14H16N4O2S. The summed E-state index contributed by atoms with van der Waals surface area (Å²) in [5.41, 5.74) is 6.94. The average Bonchev–Trinajstić information content (AvgIpc) is 2.80. The largest absolute Gasteiger partial charge is 0.351 e. The Morgan fingerprint density at radius 1 is 1.33 bits per heavy atom. The fourth-order valence-corrected chi connectivity index (χ4v) is 2.67. The Hall–Kier alpha value is -2.28. The highest BCUT2D eigenvalue weighted by molar-refractivity contribution is 8.00. The highest BCUT2D eigenvalue weighted by Gasteiger charge is 2.19. The standard InChI is InChI=1S/C14H16N4O2S/c1-9(12(19)17-13(15)20)21-14-16-8-11(18(14)2)10-6-4-3-5-7-10/h3-9H,1-2H3,(H3,15,17,19,20). The fraction of sp³-hybridized carbons (Fsp3) is 0.214. The molecular weight excluding hydrogens is 288 g/mol. The van der Waals surface area contributed by atoms with Gasteiger partial charge < -0.3 is 10.3 Å². The molecule has 0 bridgehead atoms. The zero-order valence-corrected chi connectivity index (χ0v) is 12.6. The molecule has 3 amide bonds. The van der Waals surface area contributed by atoms with E-state index in [1.165, 1.54) is 11.8 Å². The summed E-state index contributed by atoms with van der Waals surface area (Å²) in [6.45, 7) is 1.69. The molecule has 21 heavy (non-hydrogen) atoms. The van der Waals surface area contributed by atoms with E-state index in [4.69, 9.17) is 5.73 Å². The third-order valence-electron chi connectivity index (χ3n) is 2.91. The molecule has 110 valence electrons. The van der Waals surface area contributed by atoms with E-state index < -0.39 is 17.2 Å². The maximum Gasteiger partial charge on any atom is 0.318 e. The van der Waals surface area contributed by atoms with Crippen molar-refractivity contribution in [3.05, 3.63) is 36.5 Å². The highest BCUT2D eigenvalue weighted by Crippen LogP contribution is 2.27. The number of aromatic nitrogens is 2. The second kappa shape index (κ2) is 6.45. The van der Waals surface area contributed by atoms with Crippen LogP contribution in [0, 0.1) is 0 Å². The summed E-state index contributed by atoms with van der Waals surface area (Å²) in [7, 11) is 1.89. The Morgan fingerprint density at radius 3 is 2.62 bits per heavy atom. The number of nitrogens with one attached hydrogen (secondary N) is 1. The lowest BCUT2D eigenvalue weighted by molar-refractivity contribution is -0.119. The van der Waals surface area contributed by atoms with E-state index in [1.807, 2.05) is 41.9 Å². The van der Waals surface area contributed by atoms with Crippen LogP contribution in [0.2, 0.25) is 0 Å². The molecule has 1 aromatic carbocycles. The first-order valence-corrected chi connectivity index (χ1v) is 7.21. The van der Waals surface area contributed by atoms with Gasteiger partial charge in [0.2, 0.25) is 5.91 Å². The number of urea groups is 1. The van der Waals surface area contributed by atoms with Gasteiger partial charge in [-0.2, -0.15) is 0 Å². The smallest absolute Gasteiger partial charge is 0.318 e. The van der Waals surface area contributed by atoms with Gasteiger partial charge in [-0.05, 0) is 12.5 Å². The molecule has 7 heteroatoms. The van der Waals surface area contributed by atoms with Crippen LogP contribution in [0.4, 0.5) is 4.79 Å². The number of carbonyl (C=O) groups excluding carboxylic acids is 2. The molecule has 3 N–H and O–H groups in total. The topological polar surface area (TPSA) is 90.0 Å². The van der Waals surface area contributed by atoms with Crippen molar-refractivity contribution in [3.63, 3.8) is 0 Å². The summed E-state index contributed by atoms with van der Waals surface area (Å²) >= 11 is 1.27. The lowest BCUT2D eigenvalue weighted by Gasteiger charge is -2.10. The van der Waals surface area contributed by atoms with Crippen molar-refractivity contribution in [2.45, 2.75) is 17.3 Å². The van der Waals surface area contributed by atoms with E-state index >= 15 is 0 Å². The molecule has 0 saturated carbocycles. The number of rotatable bonds is 4. The first-order valence-electron chi connectivity index (χ1n) is 6.33. The van der Waals surface area contributed by atoms with E-state index in [-0.39, 0.29) is 0 Å². The Labute approximate surface area is 126 Å². The van der Waals surface area contributed by atoms with E-state index in [9.17, 15) is 9.59 Å². The maximum absolute atomic E-state index is 11.7. The van der Waals surface area contributed by atoms with E-state index in [0.29, 0.717) is 5.16 Å². The molecule has 0 aliphatic rings. The minimum absolute atomic E-state index is 0.434. The number of hydrogen-bond donors (Lipinski definition) is 2. The number of carbonyl (C=O) groups is 2. The molecule has 1 heterocycles. The Bertz CT molecular complexity index is 654. The number of nitrogens with zero attached hydrogens (tertiary/aromatic N) is 2. The maximum atomic E-state index is 11.7. The molecule has 1 atom stereocenters. The van der Waals surface area contributed by atoms with Crippen molar-refractivity contribution >= 4 is 23.7 Å². The predicted octanol–water partition coefficient (Wildman–Crippen LogP) is 1.76. The van der Waals surface area contributed by atoms with Crippen molar-refractivity contribution in [2.75, 3.05) is 0 Å². The van der Waals surface area contributed by atoms with Crippen molar-refractivity contribution in [2.24, 2.45) is 12.8 Å². The van der Waals surface area contributed by atoms with Gasteiger partial charge in [0, 0.05) is 7.05 Å². The molecule has 0 saturated heterocycles. The molecule has 2 aromatic rings. The number of amides is 3. The van der Waals surface area contributed by atoms with Crippen molar-refractivity contribution < 1.29 is 9.59 Å². The van der Waals surface area contributed by atoms with Gasteiger partial charge in [0.1, 0.15) is 0 Å². The SMILES string of the molecule is CC(Sc1ncc(-c2ccccc2)n1C)C(=O)NC(N)=O.